The number of fused-ring (bicyclic) bond motifs is 2. The molecule has 0 spiro atoms. The number of nitrogens with zero attached hydrogens (tertiary/aromatic N) is 4. The van der Waals surface area contributed by atoms with E-state index < -0.39 is 0 Å². The molecule has 0 amide bonds. The van der Waals surface area contributed by atoms with Crippen molar-refractivity contribution in [3.05, 3.63) is 45.7 Å². The third kappa shape index (κ3) is 3.46. The summed E-state index contributed by atoms with van der Waals surface area (Å²) in [5.74, 6) is 0.293. The first-order valence-electron chi connectivity index (χ1n) is 8.97. The average Bonchev–Trinajstić information content (AvgIpc) is 3.16. The van der Waals surface area contributed by atoms with Gasteiger partial charge in [0.15, 0.2) is 11.4 Å². The van der Waals surface area contributed by atoms with E-state index in [0.717, 1.165) is 46.2 Å². The minimum Gasteiger partial charge on any atom is -0.354 e. The van der Waals surface area contributed by atoms with Gasteiger partial charge in [0.2, 0.25) is 5.95 Å². The summed E-state index contributed by atoms with van der Waals surface area (Å²) >= 11 is 3.52. The van der Waals surface area contributed by atoms with Gasteiger partial charge in [-0.05, 0) is 43.3 Å². The molecule has 1 atom stereocenters. The molecule has 0 aliphatic heterocycles. The predicted octanol–water partition coefficient (Wildman–Crippen LogP) is 2.40. The largest absolute Gasteiger partial charge is 0.354 e. The summed E-state index contributed by atoms with van der Waals surface area (Å²) in [5.41, 5.74) is 3.41. The monoisotopic (exact) mass is 428 g/mol. The summed E-state index contributed by atoms with van der Waals surface area (Å²) in [5, 5.41) is 11.6. The summed E-state index contributed by atoms with van der Waals surface area (Å²) < 4.78 is 2.68. The van der Waals surface area contributed by atoms with E-state index in [1.165, 1.54) is 0 Å². The fourth-order valence-corrected chi connectivity index (χ4v) is 3.94. The lowest BCUT2D eigenvalue weighted by Gasteiger charge is -2.13. The summed E-state index contributed by atoms with van der Waals surface area (Å²) in [4.78, 5) is 22.1. The summed E-state index contributed by atoms with van der Waals surface area (Å²) in [7, 11) is 3.78. The molecule has 2 N–H and O–H groups in total. The number of aryl methyl sites for hydroxylation is 1. The van der Waals surface area contributed by atoms with Gasteiger partial charge in [-0.1, -0.05) is 22.0 Å². The Hall–Kier alpha value is -2.32. The Morgan fingerprint density at radius 3 is 2.96 bits per heavy atom. The fourth-order valence-electron chi connectivity index (χ4n) is 3.56. The van der Waals surface area contributed by atoms with Gasteiger partial charge in [-0.3, -0.25) is 9.48 Å². The lowest BCUT2D eigenvalue weighted by Crippen LogP contribution is -2.16. The molecule has 0 radical (unpaired) electrons. The zero-order valence-electron chi connectivity index (χ0n) is 15.3. The number of aromatic nitrogens is 4. The van der Waals surface area contributed by atoms with Gasteiger partial charge >= 0.3 is 0 Å². The molecule has 8 heteroatoms. The van der Waals surface area contributed by atoms with E-state index in [1.807, 2.05) is 38.5 Å². The van der Waals surface area contributed by atoms with Crippen LogP contribution >= 0.6 is 15.9 Å². The van der Waals surface area contributed by atoms with Crippen LogP contribution in [0.4, 0.5) is 5.95 Å². The third-order valence-corrected chi connectivity index (χ3v) is 5.28. The molecule has 27 heavy (non-hydrogen) atoms. The first kappa shape index (κ1) is 18.1. The minimum atomic E-state index is -0.384. The average molecular weight is 429 g/mol. The number of hydrogen-bond donors (Lipinski definition) is 2. The number of carbonyl (C=O) groups is 1. The molecule has 1 aromatic carbocycles. The van der Waals surface area contributed by atoms with Gasteiger partial charge in [0.05, 0.1) is 17.0 Å². The molecule has 4 rings (SSSR count). The molecular formula is C19H21BrN6O. The van der Waals surface area contributed by atoms with Crippen LogP contribution in [0, 0.1) is 0 Å². The Morgan fingerprint density at radius 1 is 1.30 bits per heavy atom. The number of rotatable bonds is 6. The number of halogens is 1. The van der Waals surface area contributed by atoms with Crippen LogP contribution in [0.25, 0.3) is 11.0 Å². The number of ketones is 1. The lowest BCUT2D eigenvalue weighted by atomic mass is 9.95. The van der Waals surface area contributed by atoms with Crippen LogP contribution in [0.2, 0.25) is 0 Å². The van der Waals surface area contributed by atoms with Crippen LogP contribution in [0.1, 0.15) is 29.2 Å². The maximum absolute atomic E-state index is 12.9. The van der Waals surface area contributed by atoms with E-state index in [9.17, 15) is 4.79 Å². The molecule has 1 aliphatic carbocycles. The Kier molecular flexibility index (Phi) is 4.92. The van der Waals surface area contributed by atoms with E-state index >= 15 is 0 Å². The number of hydrogen-bond acceptors (Lipinski definition) is 6. The van der Waals surface area contributed by atoms with Crippen LogP contribution < -0.4 is 10.6 Å². The molecular weight excluding hydrogens is 408 g/mol. The van der Waals surface area contributed by atoms with Gasteiger partial charge in [0.1, 0.15) is 0 Å². The fraction of sp³-hybridized carbons (Fsp3) is 0.368. The van der Waals surface area contributed by atoms with Crippen molar-refractivity contribution in [1.82, 2.24) is 25.1 Å². The molecule has 0 fully saturated rings. The van der Waals surface area contributed by atoms with Gasteiger partial charge in [-0.15, -0.1) is 0 Å². The second-order valence-electron chi connectivity index (χ2n) is 6.78. The number of nitrogens with one attached hydrogen (secondary N) is 2. The molecule has 1 aliphatic rings. The number of benzene rings is 1. The van der Waals surface area contributed by atoms with E-state index in [-0.39, 0.29) is 11.7 Å². The highest BCUT2D eigenvalue weighted by atomic mass is 79.9. The number of anilines is 1. The van der Waals surface area contributed by atoms with Crippen molar-refractivity contribution in [3.8, 4) is 0 Å². The van der Waals surface area contributed by atoms with E-state index in [2.05, 4.69) is 36.6 Å². The summed E-state index contributed by atoms with van der Waals surface area (Å²) in [6.45, 7) is 1.66. The van der Waals surface area contributed by atoms with Crippen molar-refractivity contribution in [2.45, 2.75) is 18.8 Å². The van der Waals surface area contributed by atoms with Crippen LogP contribution in [0.15, 0.2) is 28.9 Å². The van der Waals surface area contributed by atoms with Gasteiger partial charge in [0, 0.05) is 30.7 Å². The Balaban J connectivity index is 1.78. The predicted molar refractivity (Wildman–Crippen MR) is 108 cm³/mol. The van der Waals surface area contributed by atoms with E-state index in [4.69, 9.17) is 4.98 Å². The van der Waals surface area contributed by atoms with Crippen molar-refractivity contribution in [3.63, 3.8) is 0 Å². The minimum absolute atomic E-state index is 0.160. The van der Waals surface area contributed by atoms with Gasteiger partial charge in [-0.25, -0.2) is 4.98 Å². The highest BCUT2D eigenvalue weighted by Crippen LogP contribution is 2.39. The van der Waals surface area contributed by atoms with E-state index in [1.54, 1.807) is 4.68 Å². The van der Waals surface area contributed by atoms with Crippen LogP contribution in [-0.2, 0) is 18.3 Å². The van der Waals surface area contributed by atoms with Crippen LogP contribution in [0.3, 0.4) is 0 Å². The Morgan fingerprint density at radius 2 is 2.15 bits per heavy atom. The molecule has 140 valence electrons. The lowest BCUT2D eigenvalue weighted by molar-refractivity contribution is -0.118. The normalized spacial score (nSPS) is 16.1. The first-order chi connectivity index (χ1) is 13.1. The first-order valence-corrected chi connectivity index (χ1v) is 9.77. The van der Waals surface area contributed by atoms with Crippen LogP contribution in [-0.4, -0.2) is 45.7 Å². The van der Waals surface area contributed by atoms with Crippen molar-refractivity contribution in [2.24, 2.45) is 7.05 Å². The van der Waals surface area contributed by atoms with E-state index in [0.29, 0.717) is 18.0 Å². The van der Waals surface area contributed by atoms with Gasteiger partial charge in [0.25, 0.3) is 0 Å². The molecule has 1 unspecified atom stereocenters. The zero-order valence-corrected chi connectivity index (χ0v) is 16.9. The standard InChI is InChI=1S/C19H21BrN6O/c1-21-6-3-7-22-19-23-17(14-10-26(2)25-18(14)24-19)16-13-9-12(20)5-4-11(13)8-15(16)27/h4-5,9-10,16,21H,3,6-8H2,1-2H3,(H,22,24,25). The molecule has 2 aromatic heterocycles. The molecule has 7 nitrogen and oxygen atoms in total. The highest BCUT2D eigenvalue weighted by Gasteiger charge is 2.35. The van der Waals surface area contributed by atoms with Gasteiger partial charge in [-0.2, -0.15) is 10.1 Å². The highest BCUT2D eigenvalue weighted by molar-refractivity contribution is 9.10. The second-order valence-corrected chi connectivity index (χ2v) is 7.69. The third-order valence-electron chi connectivity index (χ3n) is 4.79. The smallest absolute Gasteiger partial charge is 0.225 e. The summed E-state index contributed by atoms with van der Waals surface area (Å²) in [6, 6.07) is 6.01. The molecule has 3 aromatic rings. The molecule has 0 saturated carbocycles. The van der Waals surface area contributed by atoms with Crippen molar-refractivity contribution >= 4 is 38.7 Å². The number of Topliss-reactive ketones (excluding diaryl/α,β-unsaturated/α-hetero) is 1. The molecule has 2 heterocycles. The van der Waals surface area contributed by atoms with Crippen molar-refractivity contribution in [2.75, 3.05) is 25.5 Å². The zero-order chi connectivity index (χ0) is 19.0. The van der Waals surface area contributed by atoms with Crippen molar-refractivity contribution < 1.29 is 4.79 Å². The number of carbonyl (C=O) groups excluding carboxylic acids is 1. The Labute approximate surface area is 165 Å². The Bertz CT molecular complexity index is 1010. The summed E-state index contributed by atoms with van der Waals surface area (Å²) in [6.07, 6.45) is 3.27. The van der Waals surface area contributed by atoms with Crippen LogP contribution in [0.5, 0.6) is 0 Å². The van der Waals surface area contributed by atoms with Gasteiger partial charge < -0.3 is 10.6 Å². The molecule has 0 bridgehead atoms. The quantitative estimate of drug-likeness (QED) is 0.586. The van der Waals surface area contributed by atoms with Crippen molar-refractivity contribution in [1.29, 1.82) is 0 Å². The SMILES string of the molecule is CNCCCNc1nc(C2C(=O)Cc3ccc(Br)cc32)c2cn(C)nc2n1. The second kappa shape index (κ2) is 7.36. The molecule has 0 saturated heterocycles. The maximum atomic E-state index is 12.9. The maximum Gasteiger partial charge on any atom is 0.225 e. The topological polar surface area (TPSA) is 84.7 Å².